The van der Waals surface area contributed by atoms with Crippen molar-refractivity contribution in [3.63, 3.8) is 0 Å². The largest absolute Gasteiger partial charge is 0.472 e. The van der Waals surface area contributed by atoms with Gasteiger partial charge in [0, 0.05) is 19.6 Å². The van der Waals surface area contributed by atoms with E-state index in [1.165, 1.54) is 231 Å². The van der Waals surface area contributed by atoms with Crippen molar-refractivity contribution in [1.82, 2.24) is 0 Å². The Morgan fingerprint density at radius 3 is 1.05 bits per heavy atom. The number of hydrogen-bond donors (Lipinski definition) is 2. The van der Waals surface area contributed by atoms with Crippen LogP contribution in [0.3, 0.4) is 0 Å². The van der Waals surface area contributed by atoms with Gasteiger partial charge in [0.15, 0.2) is 0 Å². The third-order valence-electron chi connectivity index (χ3n) is 12.0. The normalized spacial score (nSPS) is 13.2. The molecule has 3 N–H and O–H groups in total. The number of rotatable bonds is 52. The number of carbonyl (C=O) groups is 1. The Hall–Kier alpha value is -0.500. The van der Waals surface area contributed by atoms with E-state index in [-0.39, 0.29) is 32.3 Å². The molecular formula is C51H104NO7P. The lowest BCUT2D eigenvalue weighted by molar-refractivity contribution is -0.154. The van der Waals surface area contributed by atoms with Gasteiger partial charge in [-0.2, -0.15) is 0 Å². The number of esters is 1. The number of phosphoric ester groups is 1. The molecule has 0 aliphatic rings. The van der Waals surface area contributed by atoms with Gasteiger partial charge in [0.2, 0.25) is 0 Å². The second kappa shape index (κ2) is 49.5. The van der Waals surface area contributed by atoms with Crippen molar-refractivity contribution < 1.29 is 32.8 Å². The SMILES string of the molecule is CCCCCCCCCCCCCCCCCCCCCCCCCCCC(=O)O[C@H](COCCCCCCCCCCCCCCCCCC)COP(=O)(O)OCCN. The fourth-order valence-corrected chi connectivity index (χ4v) is 8.88. The first kappa shape index (κ1) is 59.5. The van der Waals surface area contributed by atoms with Crippen LogP contribution in [0.15, 0.2) is 0 Å². The summed E-state index contributed by atoms with van der Waals surface area (Å²) in [5.74, 6) is -0.320. The predicted octanol–water partition coefficient (Wildman–Crippen LogP) is 16.4. The molecule has 0 amide bonds. The summed E-state index contributed by atoms with van der Waals surface area (Å²) in [5, 5.41) is 0. The Morgan fingerprint density at radius 1 is 0.433 bits per heavy atom. The minimum atomic E-state index is -4.27. The molecule has 360 valence electrons. The second-order valence-corrected chi connectivity index (χ2v) is 19.6. The molecule has 0 aliphatic carbocycles. The van der Waals surface area contributed by atoms with Gasteiger partial charge in [-0.05, 0) is 12.8 Å². The summed E-state index contributed by atoms with van der Waals surface area (Å²) in [7, 11) is -4.27. The fraction of sp³-hybridized carbons (Fsp3) is 0.980. The third-order valence-corrected chi connectivity index (χ3v) is 13.0. The lowest BCUT2D eigenvalue weighted by Gasteiger charge is -2.20. The number of unbranched alkanes of at least 4 members (excludes halogenated alkanes) is 39. The fourth-order valence-electron chi connectivity index (χ4n) is 8.12. The summed E-state index contributed by atoms with van der Waals surface area (Å²) >= 11 is 0. The van der Waals surface area contributed by atoms with Gasteiger partial charge in [-0.1, -0.05) is 264 Å². The minimum Gasteiger partial charge on any atom is -0.457 e. The van der Waals surface area contributed by atoms with Gasteiger partial charge in [-0.3, -0.25) is 13.8 Å². The Bertz CT molecular complexity index is 894. The van der Waals surface area contributed by atoms with Crippen LogP contribution in [0.4, 0.5) is 0 Å². The van der Waals surface area contributed by atoms with Crippen LogP contribution >= 0.6 is 7.82 Å². The standard InChI is InChI=1S/C51H104NO7P/c1-3-5-7-9-11-13-15-17-19-21-22-23-24-25-26-27-28-29-30-32-34-36-38-40-42-44-51(53)59-50(49-58-60(54,55)57-47-45-52)48-56-46-43-41-39-37-35-33-31-20-18-16-14-12-10-8-6-4-2/h50H,3-49,52H2,1-2H3,(H,54,55)/t50-/m1/s1. The maximum Gasteiger partial charge on any atom is 0.472 e. The average molecular weight is 874 g/mol. The van der Waals surface area contributed by atoms with Crippen LogP contribution in [0.2, 0.25) is 0 Å². The van der Waals surface area contributed by atoms with E-state index in [0.29, 0.717) is 13.0 Å². The van der Waals surface area contributed by atoms with Crippen molar-refractivity contribution in [2.75, 3.05) is 33.0 Å². The van der Waals surface area contributed by atoms with Crippen LogP contribution in [0.1, 0.15) is 284 Å². The Labute approximate surface area is 373 Å². The molecule has 9 heteroatoms. The highest BCUT2D eigenvalue weighted by atomic mass is 31.2. The summed E-state index contributed by atoms with van der Waals surface area (Å²) in [6.07, 6.45) is 54.3. The van der Waals surface area contributed by atoms with Gasteiger partial charge in [0.1, 0.15) is 6.10 Å². The van der Waals surface area contributed by atoms with Crippen LogP contribution in [0, 0.1) is 0 Å². The first-order chi connectivity index (χ1) is 29.4. The molecule has 0 radical (unpaired) electrons. The molecule has 2 atom stereocenters. The zero-order valence-electron chi connectivity index (χ0n) is 40.2. The van der Waals surface area contributed by atoms with E-state index in [2.05, 4.69) is 13.8 Å². The second-order valence-electron chi connectivity index (χ2n) is 18.1. The van der Waals surface area contributed by atoms with Gasteiger partial charge < -0.3 is 20.1 Å². The van der Waals surface area contributed by atoms with Gasteiger partial charge in [0.05, 0.1) is 19.8 Å². The zero-order chi connectivity index (χ0) is 43.7. The van der Waals surface area contributed by atoms with Crippen molar-refractivity contribution in [2.24, 2.45) is 5.73 Å². The summed E-state index contributed by atoms with van der Waals surface area (Å²) in [6.45, 7) is 5.01. The maximum absolute atomic E-state index is 12.7. The van der Waals surface area contributed by atoms with E-state index in [1.54, 1.807) is 0 Å². The predicted molar refractivity (Wildman–Crippen MR) is 257 cm³/mol. The molecule has 0 aromatic carbocycles. The Morgan fingerprint density at radius 2 is 0.733 bits per heavy atom. The molecule has 0 saturated carbocycles. The van der Waals surface area contributed by atoms with Crippen molar-refractivity contribution in [3.8, 4) is 0 Å². The quantitative estimate of drug-likeness (QED) is 0.0352. The molecule has 0 heterocycles. The highest BCUT2D eigenvalue weighted by molar-refractivity contribution is 7.47. The van der Waals surface area contributed by atoms with Crippen molar-refractivity contribution >= 4 is 13.8 Å². The monoisotopic (exact) mass is 874 g/mol. The van der Waals surface area contributed by atoms with E-state index >= 15 is 0 Å². The van der Waals surface area contributed by atoms with E-state index in [1.807, 2.05) is 0 Å². The van der Waals surface area contributed by atoms with Crippen LogP contribution in [-0.2, 0) is 27.9 Å². The highest BCUT2D eigenvalue weighted by Crippen LogP contribution is 2.43. The van der Waals surface area contributed by atoms with E-state index in [9.17, 15) is 14.3 Å². The molecule has 1 unspecified atom stereocenters. The summed E-state index contributed by atoms with van der Waals surface area (Å²) < 4.78 is 33.6. The van der Waals surface area contributed by atoms with Crippen molar-refractivity contribution in [1.29, 1.82) is 0 Å². The third kappa shape index (κ3) is 48.5. The molecule has 60 heavy (non-hydrogen) atoms. The first-order valence-electron chi connectivity index (χ1n) is 26.5. The Kier molecular flexibility index (Phi) is 49.1. The number of ether oxygens (including phenoxy) is 2. The molecule has 0 aliphatic heterocycles. The molecule has 0 fully saturated rings. The lowest BCUT2D eigenvalue weighted by atomic mass is 10.0. The van der Waals surface area contributed by atoms with Crippen molar-refractivity contribution in [3.05, 3.63) is 0 Å². The highest BCUT2D eigenvalue weighted by Gasteiger charge is 2.25. The van der Waals surface area contributed by atoms with Crippen molar-refractivity contribution in [2.45, 2.75) is 290 Å². The minimum absolute atomic E-state index is 0.0897. The smallest absolute Gasteiger partial charge is 0.457 e. The van der Waals surface area contributed by atoms with Crippen LogP contribution in [0.25, 0.3) is 0 Å². The number of nitrogens with two attached hydrogens (primary N) is 1. The number of carbonyl (C=O) groups excluding carboxylic acids is 1. The van der Waals surface area contributed by atoms with Gasteiger partial charge in [-0.15, -0.1) is 0 Å². The molecule has 0 bridgehead atoms. The zero-order valence-corrected chi connectivity index (χ0v) is 41.1. The molecule has 0 aromatic rings. The maximum atomic E-state index is 12.7. The molecular weight excluding hydrogens is 770 g/mol. The number of phosphoric acid groups is 1. The van der Waals surface area contributed by atoms with Gasteiger partial charge >= 0.3 is 13.8 Å². The summed E-state index contributed by atoms with van der Waals surface area (Å²) in [4.78, 5) is 22.6. The van der Waals surface area contributed by atoms with E-state index in [0.717, 1.165) is 32.1 Å². The molecule has 8 nitrogen and oxygen atoms in total. The van der Waals surface area contributed by atoms with Crippen LogP contribution in [0.5, 0.6) is 0 Å². The van der Waals surface area contributed by atoms with Gasteiger partial charge in [-0.25, -0.2) is 4.57 Å². The molecule has 0 aromatic heterocycles. The first-order valence-corrected chi connectivity index (χ1v) is 28.0. The summed E-state index contributed by atoms with van der Waals surface area (Å²) in [5.41, 5.74) is 5.39. The Balaban J connectivity index is 3.83. The molecule has 0 spiro atoms. The van der Waals surface area contributed by atoms with E-state index in [4.69, 9.17) is 24.3 Å². The van der Waals surface area contributed by atoms with E-state index < -0.39 is 13.9 Å². The average Bonchev–Trinajstić information content (AvgIpc) is 3.24. The molecule has 0 rings (SSSR count). The topological polar surface area (TPSA) is 117 Å². The number of hydrogen-bond acceptors (Lipinski definition) is 7. The lowest BCUT2D eigenvalue weighted by Crippen LogP contribution is -2.28. The van der Waals surface area contributed by atoms with Crippen LogP contribution in [-0.4, -0.2) is 49.9 Å². The van der Waals surface area contributed by atoms with Gasteiger partial charge in [0.25, 0.3) is 0 Å². The summed E-state index contributed by atoms with van der Waals surface area (Å²) in [6, 6.07) is 0. The van der Waals surface area contributed by atoms with Crippen LogP contribution < -0.4 is 5.73 Å². The molecule has 0 saturated heterocycles.